The Morgan fingerprint density at radius 1 is 1.16 bits per heavy atom. The number of thiophene rings is 1. The molecule has 0 saturated carbocycles. The number of methoxy groups -OCH3 is 2. The van der Waals surface area contributed by atoms with Gasteiger partial charge in [0.15, 0.2) is 11.5 Å². The van der Waals surface area contributed by atoms with E-state index in [1.807, 2.05) is 19.9 Å². The van der Waals surface area contributed by atoms with E-state index in [1.54, 1.807) is 39.5 Å². The van der Waals surface area contributed by atoms with E-state index in [0.29, 0.717) is 22.7 Å². The lowest BCUT2D eigenvalue weighted by Crippen LogP contribution is -2.20. The molecule has 3 rings (SSSR count). The van der Waals surface area contributed by atoms with Gasteiger partial charge in [0, 0.05) is 4.88 Å². The molecule has 0 unspecified atom stereocenters. The Morgan fingerprint density at radius 3 is 2.56 bits per heavy atom. The maximum absolute atomic E-state index is 12.8. The first-order valence-electron chi connectivity index (χ1n) is 7.72. The molecule has 0 aliphatic rings. The summed E-state index contributed by atoms with van der Waals surface area (Å²) in [4.78, 5) is 19.2. The van der Waals surface area contributed by atoms with Crippen molar-refractivity contribution in [2.45, 2.75) is 20.8 Å². The molecular formula is C18H19N3O3S. The quantitative estimate of drug-likeness (QED) is 0.672. The van der Waals surface area contributed by atoms with E-state index in [2.05, 4.69) is 10.1 Å². The van der Waals surface area contributed by atoms with E-state index in [0.717, 1.165) is 20.8 Å². The summed E-state index contributed by atoms with van der Waals surface area (Å²) in [5, 5.41) is 4.97. The Kier molecular flexibility index (Phi) is 4.59. The van der Waals surface area contributed by atoms with Gasteiger partial charge < -0.3 is 9.47 Å². The largest absolute Gasteiger partial charge is 0.493 e. The summed E-state index contributed by atoms with van der Waals surface area (Å²) >= 11 is 1.53. The molecule has 3 aromatic rings. The van der Waals surface area contributed by atoms with Gasteiger partial charge in [0.2, 0.25) is 0 Å². The van der Waals surface area contributed by atoms with E-state index < -0.39 is 0 Å². The Labute approximate surface area is 149 Å². The molecule has 0 saturated heterocycles. The van der Waals surface area contributed by atoms with Gasteiger partial charge in [-0.15, -0.1) is 11.3 Å². The topological polar surface area (TPSA) is 65.7 Å². The smallest absolute Gasteiger partial charge is 0.283 e. The highest BCUT2D eigenvalue weighted by molar-refractivity contribution is 7.18. The second-order valence-electron chi connectivity index (χ2n) is 5.60. The molecule has 0 bridgehead atoms. The molecule has 7 heteroatoms. The lowest BCUT2D eigenvalue weighted by molar-refractivity contribution is 0.355. The summed E-state index contributed by atoms with van der Waals surface area (Å²) in [6, 6.07) is 5.44. The average molecular weight is 357 g/mol. The molecule has 0 atom stereocenters. The van der Waals surface area contributed by atoms with Crippen LogP contribution >= 0.6 is 11.3 Å². The zero-order chi connectivity index (χ0) is 18.1. The highest BCUT2D eigenvalue weighted by atomic mass is 32.1. The predicted molar refractivity (Wildman–Crippen MR) is 101 cm³/mol. The molecule has 0 fully saturated rings. The van der Waals surface area contributed by atoms with Crippen LogP contribution in [0.4, 0.5) is 0 Å². The third-order valence-electron chi connectivity index (χ3n) is 4.07. The molecule has 0 amide bonds. The van der Waals surface area contributed by atoms with Crippen molar-refractivity contribution in [1.29, 1.82) is 0 Å². The number of fused-ring (bicyclic) bond motifs is 1. The molecule has 0 N–H and O–H groups in total. The second-order valence-corrected chi connectivity index (χ2v) is 6.80. The maximum atomic E-state index is 12.8. The van der Waals surface area contributed by atoms with E-state index in [9.17, 15) is 4.79 Å². The van der Waals surface area contributed by atoms with Crippen molar-refractivity contribution in [3.8, 4) is 11.5 Å². The number of benzene rings is 1. The van der Waals surface area contributed by atoms with E-state index in [1.165, 1.54) is 16.0 Å². The number of hydrogen-bond acceptors (Lipinski definition) is 6. The van der Waals surface area contributed by atoms with Gasteiger partial charge in [-0.3, -0.25) is 4.79 Å². The summed E-state index contributed by atoms with van der Waals surface area (Å²) in [5.74, 6) is 1.80. The van der Waals surface area contributed by atoms with Crippen LogP contribution in [-0.4, -0.2) is 30.1 Å². The van der Waals surface area contributed by atoms with Gasteiger partial charge in [-0.2, -0.15) is 9.78 Å². The first-order chi connectivity index (χ1) is 12.0. The second kappa shape index (κ2) is 6.68. The Hall–Kier alpha value is -2.67. The Morgan fingerprint density at radius 2 is 1.88 bits per heavy atom. The van der Waals surface area contributed by atoms with Crippen LogP contribution < -0.4 is 15.0 Å². The fraction of sp³-hybridized carbons (Fsp3) is 0.278. The number of aryl methyl sites for hydroxylation is 3. The standard InChI is InChI=1S/C18H19N3O3S/c1-10-11(2)25-17-16(10)18(22)21(12(3)20-17)19-9-13-6-7-14(23-4)15(8-13)24-5/h6-9H,1-5H3. The fourth-order valence-corrected chi connectivity index (χ4v) is 3.65. The molecule has 0 aliphatic heterocycles. The molecule has 2 heterocycles. The zero-order valence-electron chi connectivity index (χ0n) is 14.8. The fourth-order valence-electron chi connectivity index (χ4n) is 2.58. The highest BCUT2D eigenvalue weighted by Crippen LogP contribution is 2.27. The van der Waals surface area contributed by atoms with Crippen molar-refractivity contribution in [1.82, 2.24) is 9.66 Å². The van der Waals surface area contributed by atoms with E-state index >= 15 is 0 Å². The highest BCUT2D eigenvalue weighted by Gasteiger charge is 2.14. The summed E-state index contributed by atoms with van der Waals surface area (Å²) in [7, 11) is 3.16. The van der Waals surface area contributed by atoms with Gasteiger partial charge in [0.05, 0.1) is 25.8 Å². The van der Waals surface area contributed by atoms with Crippen LogP contribution in [-0.2, 0) is 0 Å². The van der Waals surface area contributed by atoms with Gasteiger partial charge >= 0.3 is 0 Å². The van der Waals surface area contributed by atoms with Gasteiger partial charge in [0.25, 0.3) is 5.56 Å². The molecule has 25 heavy (non-hydrogen) atoms. The minimum absolute atomic E-state index is 0.152. The van der Waals surface area contributed by atoms with Crippen LogP contribution in [0.2, 0.25) is 0 Å². The third kappa shape index (κ3) is 3.02. The number of aromatic nitrogens is 2. The normalized spacial score (nSPS) is 11.4. The van der Waals surface area contributed by atoms with Crippen molar-refractivity contribution in [3.63, 3.8) is 0 Å². The van der Waals surface area contributed by atoms with Crippen LogP contribution in [0.25, 0.3) is 10.2 Å². The van der Waals surface area contributed by atoms with E-state index in [-0.39, 0.29) is 5.56 Å². The zero-order valence-corrected chi connectivity index (χ0v) is 15.6. The van der Waals surface area contributed by atoms with Crippen molar-refractivity contribution in [3.05, 3.63) is 50.4 Å². The maximum Gasteiger partial charge on any atom is 0.283 e. The molecular weight excluding hydrogens is 338 g/mol. The lowest BCUT2D eigenvalue weighted by atomic mass is 10.2. The minimum Gasteiger partial charge on any atom is -0.493 e. The van der Waals surface area contributed by atoms with Gasteiger partial charge in [0.1, 0.15) is 10.7 Å². The summed E-state index contributed by atoms with van der Waals surface area (Å²) < 4.78 is 11.8. The summed E-state index contributed by atoms with van der Waals surface area (Å²) in [5.41, 5.74) is 1.61. The van der Waals surface area contributed by atoms with Gasteiger partial charge in [-0.05, 0) is 50.1 Å². The molecule has 2 aromatic heterocycles. The number of hydrogen-bond donors (Lipinski definition) is 0. The summed E-state index contributed by atoms with van der Waals surface area (Å²) in [6.07, 6.45) is 1.61. The molecule has 0 aliphatic carbocycles. The molecule has 130 valence electrons. The predicted octanol–water partition coefficient (Wildman–Crippen LogP) is 3.28. The first kappa shape index (κ1) is 17.2. The Balaban J connectivity index is 2.07. The molecule has 0 spiro atoms. The van der Waals surface area contributed by atoms with E-state index in [4.69, 9.17) is 9.47 Å². The van der Waals surface area contributed by atoms with Crippen LogP contribution in [0.1, 0.15) is 21.8 Å². The van der Waals surface area contributed by atoms with Gasteiger partial charge in [-0.25, -0.2) is 4.98 Å². The van der Waals surface area contributed by atoms with Crippen molar-refractivity contribution in [2.24, 2.45) is 5.10 Å². The number of ether oxygens (including phenoxy) is 2. The number of rotatable bonds is 4. The summed E-state index contributed by atoms with van der Waals surface area (Å²) in [6.45, 7) is 5.71. The van der Waals surface area contributed by atoms with Crippen LogP contribution in [0.5, 0.6) is 11.5 Å². The van der Waals surface area contributed by atoms with Crippen LogP contribution in [0, 0.1) is 20.8 Å². The Bertz CT molecular complexity index is 1030. The molecule has 6 nitrogen and oxygen atoms in total. The van der Waals surface area contributed by atoms with Gasteiger partial charge in [-0.1, -0.05) is 0 Å². The average Bonchev–Trinajstić information content (AvgIpc) is 2.88. The minimum atomic E-state index is -0.152. The van der Waals surface area contributed by atoms with Crippen LogP contribution in [0.3, 0.4) is 0 Å². The molecule has 1 aromatic carbocycles. The number of nitrogens with zero attached hydrogens (tertiary/aromatic N) is 3. The van der Waals surface area contributed by atoms with Crippen molar-refractivity contribution in [2.75, 3.05) is 14.2 Å². The molecule has 0 radical (unpaired) electrons. The first-order valence-corrected chi connectivity index (χ1v) is 8.53. The third-order valence-corrected chi connectivity index (χ3v) is 5.17. The monoisotopic (exact) mass is 357 g/mol. The van der Waals surface area contributed by atoms with Crippen molar-refractivity contribution < 1.29 is 9.47 Å². The SMILES string of the molecule is COc1ccc(C=Nn2c(C)nc3sc(C)c(C)c3c2=O)cc1OC. The van der Waals surface area contributed by atoms with Crippen LogP contribution in [0.15, 0.2) is 28.1 Å². The van der Waals surface area contributed by atoms with Crippen molar-refractivity contribution >= 4 is 27.8 Å². The lowest BCUT2D eigenvalue weighted by Gasteiger charge is -2.07.